The summed E-state index contributed by atoms with van der Waals surface area (Å²) in [7, 11) is 0. The van der Waals surface area contributed by atoms with Crippen molar-refractivity contribution < 1.29 is 0 Å². The minimum atomic E-state index is 0.437. The van der Waals surface area contributed by atoms with Gasteiger partial charge in [0.05, 0.1) is 0 Å². The summed E-state index contributed by atoms with van der Waals surface area (Å²) >= 11 is 0. The minimum absolute atomic E-state index is 0.437. The molecule has 0 spiro atoms. The van der Waals surface area contributed by atoms with Gasteiger partial charge in [0, 0.05) is 38.8 Å². The maximum absolute atomic E-state index is 3.55. The molecule has 3 nitrogen and oxygen atoms in total. The fraction of sp³-hybridized carbons (Fsp3) is 1.00. The van der Waals surface area contributed by atoms with Gasteiger partial charge < -0.3 is 5.32 Å². The molecule has 1 N–H and O–H groups in total. The van der Waals surface area contributed by atoms with E-state index in [1.807, 2.05) is 0 Å². The zero-order valence-corrected chi connectivity index (χ0v) is 13.2. The van der Waals surface area contributed by atoms with Crippen molar-refractivity contribution in [3.63, 3.8) is 0 Å². The lowest BCUT2D eigenvalue weighted by Gasteiger charge is -2.46. The van der Waals surface area contributed by atoms with Crippen LogP contribution in [0.25, 0.3) is 0 Å². The third kappa shape index (κ3) is 4.17. The van der Waals surface area contributed by atoms with E-state index in [1.165, 1.54) is 58.4 Å². The lowest BCUT2D eigenvalue weighted by Crippen LogP contribution is -2.57. The Morgan fingerprint density at radius 2 is 2.00 bits per heavy atom. The van der Waals surface area contributed by atoms with Crippen molar-refractivity contribution in [1.29, 1.82) is 0 Å². The molecule has 0 radical (unpaired) electrons. The van der Waals surface area contributed by atoms with Crippen LogP contribution in [-0.4, -0.2) is 61.7 Å². The van der Waals surface area contributed by atoms with Gasteiger partial charge in [-0.25, -0.2) is 0 Å². The molecular weight excluding hydrogens is 234 g/mol. The van der Waals surface area contributed by atoms with E-state index in [4.69, 9.17) is 0 Å². The molecule has 0 saturated carbocycles. The van der Waals surface area contributed by atoms with Gasteiger partial charge in [0.25, 0.3) is 0 Å². The van der Waals surface area contributed by atoms with Crippen LogP contribution in [0, 0.1) is 5.41 Å². The molecule has 0 aromatic carbocycles. The van der Waals surface area contributed by atoms with Gasteiger partial charge in [0.1, 0.15) is 0 Å². The predicted octanol–water partition coefficient (Wildman–Crippen LogP) is 2.18. The van der Waals surface area contributed by atoms with Crippen molar-refractivity contribution >= 4 is 0 Å². The lowest BCUT2D eigenvalue weighted by atomic mass is 9.86. The van der Waals surface area contributed by atoms with Crippen molar-refractivity contribution in [2.75, 3.05) is 45.8 Å². The fourth-order valence-electron chi connectivity index (χ4n) is 3.62. The van der Waals surface area contributed by atoms with E-state index in [0.29, 0.717) is 5.41 Å². The average Bonchev–Trinajstić information content (AvgIpc) is 2.45. The molecule has 2 unspecified atom stereocenters. The topological polar surface area (TPSA) is 18.5 Å². The molecule has 2 aliphatic rings. The first-order valence-electron chi connectivity index (χ1n) is 8.34. The molecule has 2 saturated heterocycles. The molecule has 2 rings (SSSR count). The molecule has 2 heterocycles. The number of hydrogen-bond acceptors (Lipinski definition) is 3. The summed E-state index contributed by atoms with van der Waals surface area (Å²) in [6.07, 6.45) is 5.55. The summed E-state index contributed by atoms with van der Waals surface area (Å²) in [6, 6.07) is 0.850. The molecule has 0 bridgehead atoms. The Balaban J connectivity index is 1.84. The number of rotatable bonds is 6. The zero-order valence-electron chi connectivity index (χ0n) is 13.2. The average molecular weight is 267 g/mol. The third-order valence-electron chi connectivity index (χ3n) is 5.18. The smallest absolute Gasteiger partial charge is 0.0223 e. The standard InChI is InChI=1S/C16H33N3/c1-4-16(3,13-17-5-2)14-18-10-11-19-9-7-6-8-15(19)12-18/h15,17H,4-14H2,1-3H3. The van der Waals surface area contributed by atoms with Crippen LogP contribution < -0.4 is 5.32 Å². The number of piperazine rings is 1. The van der Waals surface area contributed by atoms with E-state index in [2.05, 4.69) is 35.9 Å². The number of nitrogens with zero attached hydrogens (tertiary/aromatic N) is 2. The van der Waals surface area contributed by atoms with Gasteiger partial charge in [-0.3, -0.25) is 9.80 Å². The maximum Gasteiger partial charge on any atom is 0.0223 e. The van der Waals surface area contributed by atoms with Crippen LogP contribution in [0.15, 0.2) is 0 Å². The second-order valence-electron chi connectivity index (χ2n) is 6.87. The van der Waals surface area contributed by atoms with Gasteiger partial charge in [-0.15, -0.1) is 0 Å². The number of fused-ring (bicyclic) bond motifs is 1. The van der Waals surface area contributed by atoms with E-state index >= 15 is 0 Å². The highest BCUT2D eigenvalue weighted by molar-refractivity contribution is 4.88. The first kappa shape index (κ1) is 15.3. The van der Waals surface area contributed by atoms with Crippen LogP contribution in [0.5, 0.6) is 0 Å². The molecule has 19 heavy (non-hydrogen) atoms. The van der Waals surface area contributed by atoms with Crippen LogP contribution in [0.1, 0.15) is 46.5 Å². The van der Waals surface area contributed by atoms with E-state index in [0.717, 1.165) is 19.1 Å². The molecule has 0 aromatic rings. The van der Waals surface area contributed by atoms with Crippen molar-refractivity contribution in [3.8, 4) is 0 Å². The second kappa shape index (κ2) is 7.05. The van der Waals surface area contributed by atoms with E-state index in [1.54, 1.807) is 0 Å². The van der Waals surface area contributed by atoms with E-state index in [9.17, 15) is 0 Å². The number of nitrogens with one attached hydrogen (secondary N) is 1. The van der Waals surface area contributed by atoms with Crippen LogP contribution in [0.2, 0.25) is 0 Å². The Hall–Kier alpha value is -0.120. The summed E-state index contributed by atoms with van der Waals surface area (Å²) in [5.74, 6) is 0. The highest BCUT2D eigenvalue weighted by atomic mass is 15.3. The Morgan fingerprint density at radius 1 is 1.16 bits per heavy atom. The molecule has 3 heteroatoms. The highest BCUT2D eigenvalue weighted by Crippen LogP contribution is 2.26. The fourth-order valence-corrected chi connectivity index (χ4v) is 3.62. The van der Waals surface area contributed by atoms with Crippen LogP contribution in [0.4, 0.5) is 0 Å². The summed E-state index contributed by atoms with van der Waals surface area (Å²) in [4.78, 5) is 5.46. The molecule has 0 amide bonds. The summed E-state index contributed by atoms with van der Waals surface area (Å²) in [6.45, 7) is 15.7. The molecule has 0 aliphatic carbocycles. The lowest BCUT2D eigenvalue weighted by molar-refractivity contribution is 0.0279. The highest BCUT2D eigenvalue weighted by Gasteiger charge is 2.32. The normalized spacial score (nSPS) is 28.9. The van der Waals surface area contributed by atoms with Gasteiger partial charge in [-0.2, -0.15) is 0 Å². The number of hydrogen-bond donors (Lipinski definition) is 1. The van der Waals surface area contributed by atoms with Crippen LogP contribution in [0.3, 0.4) is 0 Å². The third-order valence-corrected chi connectivity index (χ3v) is 5.18. The molecule has 0 aromatic heterocycles. The Kier molecular flexibility index (Phi) is 5.67. The van der Waals surface area contributed by atoms with Crippen LogP contribution >= 0.6 is 0 Å². The first-order chi connectivity index (χ1) is 9.17. The SMILES string of the molecule is CCNCC(C)(CC)CN1CCN2CCCCC2C1. The molecule has 2 aliphatic heterocycles. The summed E-state index contributed by atoms with van der Waals surface area (Å²) in [5.41, 5.74) is 0.437. The Morgan fingerprint density at radius 3 is 2.74 bits per heavy atom. The Bertz CT molecular complexity index is 269. The molecule has 2 fully saturated rings. The summed E-state index contributed by atoms with van der Waals surface area (Å²) < 4.78 is 0. The van der Waals surface area contributed by atoms with Crippen LogP contribution in [-0.2, 0) is 0 Å². The predicted molar refractivity (Wildman–Crippen MR) is 82.6 cm³/mol. The largest absolute Gasteiger partial charge is 0.316 e. The van der Waals surface area contributed by atoms with Crippen molar-refractivity contribution in [1.82, 2.24) is 15.1 Å². The van der Waals surface area contributed by atoms with Crippen molar-refractivity contribution in [2.24, 2.45) is 5.41 Å². The summed E-state index contributed by atoms with van der Waals surface area (Å²) in [5, 5.41) is 3.55. The first-order valence-corrected chi connectivity index (χ1v) is 8.34. The second-order valence-corrected chi connectivity index (χ2v) is 6.87. The van der Waals surface area contributed by atoms with Gasteiger partial charge in [0.15, 0.2) is 0 Å². The van der Waals surface area contributed by atoms with E-state index in [-0.39, 0.29) is 0 Å². The maximum atomic E-state index is 3.55. The molecular formula is C16H33N3. The Labute approximate surface area is 119 Å². The number of piperidine rings is 1. The zero-order chi connectivity index (χ0) is 13.7. The minimum Gasteiger partial charge on any atom is -0.316 e. The van der Waals surface area contributed by atoms with Gasteiger partial charge in [0.2, 0.25) is 0 Å². The molecule has 2 atom stereocenters. The van der Waals surface area contributed by atoms with Gasteiger partial charge >= 0.3 is 0 Å². The quantitative estimate of drug-likeness (QED) is 0.796. The van der Waals surface area contributed by atoms with Gasteiger partial charge in [-0.05, 0) is 37.8 Å². The van der Waals surface area contributed by atoms with Crippen molar-refractivity contribution in [3.05, 3.63) is 0 Å². The van der Waals surface area contributed by atoms with Crippen molar-refractivity contribution in [2.45, 2.75) is 52.5 Å². The van der Waals surface area contributed by atoms with E-state index < -0.39 is 0 Å². The van der Waals surface area contributed by atoms with Gasteiger partial charge in [-0.1, -0.05) is 27.2 Å². The molecule has 112 valence electrons. The monoisotopic (exact) mass is 267 g/mol.